The molecule has 0 bridgehead atoms. The molecule has 6 aromatic heterocycles. The summed E-state index contributed by atoms with van der Waals surface area (Å²) in [5.74, 6) is -0.156. The van der Waals surface area contributed by atoms with Crippen molar-refractivity contribution in [3.8, 4) is 0 Å². The van der Waals surface area contributed by atoms with Gasteiger partial charge >= 0.3 is 0 Å². The molecule has 4 N–H and O–H groups in total. The van der Waals surface area contributed by atoms with E-state index in [9.17, 15) is 19.2 Å². The Labute approximate surface area is 371 Å². The maximum Gasteiger partial charge on any atom is 0.265 e. The molecule has 1 fully saturated rings. The molecule has 1 aliphatic heterocycles. The Morgan fingerprint density at radius 3 is 1.52 bits per heavy atom. The molecule has 0 saturated carbocycles. The lowest BCUT2D eigenvalue weighted by Gasteiger charge is -2.17. The molecule has 0 atom stereocenters. The number of rotatable bonds is 9. The van der Waals surface area contributed by atoms with Crippen LogP contribution >= 0.6 is 38.6 Å². The van der Waals surface area contributed by atoms with Crippen LogP contribution in [0.5, 0.6) is 0 Å². The van der Waals surface area contributed by atoms with E-state index in [-0.39, 0.29) is 23.6 Å². The van der Waals surface area contributed by atoms with Crippen LogP contribution in [0.1, 0.15) is 64.0 Å². The van der Waals surface area contributed by atoms with Gasteiger partial charge in [0.1, 0.15) is 31.1 Å². The van der Waals surface area contributed by atoms with Crippen molar-refractivity contribution in [1.82, 2.24) is 29.9 Å². The van der Waals surface area contributed by atoms with Gasteiger partial charge in [-0.3, -0.25) is 29.1 Å². The number of amides is 4. The lowest BCUT2D eigenvalue weighted by atomic mass is 10.1. The highest BCUT2D eigenvalue weighted by Gasteiger charge is 2.18. The van der Waals surface area contributed by atoms with Crippen LogP contribution in [0.4, 0.5) is 28.6 Å². The van der Waals surface area contributed by atoms with E-state index in [1.807, 2.05) is 38.1 Å². The van der Waals surface area contributed by atoms with Crippen LogP contribution in [-0.4, -0.2) is 66.6 Å². The van der Waals surface area contributed by atoms with Crippen LogP contribution in [-0.2, 0) is 0 Å². The molecule has 9 rings (SSSR count). The fourth-order valence-corrected chi connectivity index (χ4v) is 8.50. The average molecular weight is 927 g/mol. The summed E-state index contributed by atoms with van der Waals surface area (Å²) < 4.78 is 0.578. The van der Waals surface area contributed by atoms with Crippen molar-refractivity contribution in [2.75, 3.05) is 39.3 Å². The largest absolute Gasteiger partial charge is 0.357 e. The Kier molecular flexibility index (Phi) is 12.6. The van der Waals surface area contributed by atoms with Crippen LogP contribution in [0.2, 0.25) is 0 Å². The van der Waals surface area contributed by atoms with Gasteiger partial charge in [0.25, 0.3) is 23.6 Å². The molecule has 0 radical (unpaired) electrons. The van der Waals surface area contributed by atoms with E-state index in [1.165, 1.54) is 22.7 Å². The van der Waals surface area contributed by atoms with E-state index in [2.05, 4.69) is 72.0 Å². The van der Waals surface area contributed by atoms with Gasteiger partial charge in [-0.2, -0.15) is 0 Å². The number of pyridine rings is 2. The maximum absolute atomic E-state index is 12.9. The number of carbonyl (C=O) groups excluding carboxylic acids is 4. The first kappa shape index (κ1) is 41.7. The molecular formula is C44H36BrN11O4S2. The second-order valence-electron chi connectivity index (χ2n) is 14.1. The summed E-state index contributed by atoms with van der Waals surface area (Å²) in [5.41, 5.74) is 6.57. The van der Waals surface area contributed by atoms with Gasteiger partial charge in [0.2, 0.25) is 0 Å². The number of hydrogen-bond donors (Lipinski definition) is 4. The number of anilines is 5. The monoisotopic (exact) mass is 925 g/mol. The van der Waals surface area contributed by atoms with Crippen molar-refractivity contribution in [3.63, 3.8) is 0 Å². The van der Waals surface area contributed by atoms with E-state index < -0.39 is 0 Å². The zero-order valence-electron chi connectivity index (χ0n) is 33.2. The van der Waals surface area contributed by atoms with E-state index in [0.717, 1.165) is 42.9 Å². The van der Waals surface area contributed by atoms with Crippen molar-refractivity contribution in [2.45, 2.75) is 26.7 Å². The Morgan fingerprint density at radius 1 is 0.532 bits per heavy atom. The van der Waals surface area contributed by atoms with Crippen LogP contribution in [0.3, 0.4) is 0 Å². The minimum atomic E-state index is -0.268. The minimum absolute atomic E-state index is 0.222. The molecule has 310 valence electrons. The third-order valence-corrected chi connectivity index (χ3v) is 12.2. The fourth-order valence-electron chi connectivity index (χ4n) is 6.43. The first-order valence-corrected chi connectivity index (χ1v) is 21.7. The van der Waals surface area contributed by atoms with E-state index in [0.29, 0.717) is 68.9 Å². The van der Waals surface area contributed by atoms with Crippen molar-refractivity contribution < 1.29 is 19.2 Å². The summed E-state index contributed by atoms with van der Waals surface area (Å²) in [6.45, 7) is 5.71. The number of aromatic nitrogens is 6. The van der Waals surface area contributed by atoms with Crippen LogP contribution in [0.25, 0.3) is 20.7 Å². The summed E-state index contributed by atoms with van der Waals surface area (Å²) in [4.78, 5) is 80.7. The standard InChI is InChI=1S/C24H22N6O2S.C20H14BrN5O2S/c1-15-4-5-17(28-22(31)16-6-7-26-21(12-16)30-10-2-3-11-30)13-18(15)29-23(32)20-14-19-24(33-20)27-9-8-25-19;1-11-2-3-13(25-18(27)12-4-5-23-17(21)8-12)9-14(11)26-19(28)16-10-15-20(29-16)24-7-6-22-15/h4-9,12-14H,2-3,10-11H2,1H3,(H,28,31)(H,29,32);2-10H,1H3,(H,25,27)(H,26,28). The highest BCUT2D eigenvalue weighted by Crippen LogP contribution is 2.28. The third-order valence-electron chi connectivity index (χ3n) is 9.69. The van der Waals surface area contributed by atoms with Gasteiger partial charge in [0.05, 0.1) is 9.75 Å². The normalized spacial score (nSPS) is 12.1. The molecule has 1 saturated heterocycles. The number of nitrogens with one attached hydrogen (secondary N) is 4. The zero-order chi connectivity index (χ0) is 43.2. The Balaban J connectivity index is 0.000000172. The summed E-state index contributed by atoms with van der Waals surface area (Å²) >= 11 is 5.82. The molecule has 0 aliphatic carbocycles. The number of carbonyl (C=O) groups is 4. The second-order valence-corrected chi connectivity index (χ2v) is 16.9. The Bertz CT molecular complexity index is 2920. The first-order valence-electron chi connectivity index (χ1n) is 19.3. The maximum atomic E-state index is 12.9. The number of halogens is 1. The molecule has 15 nitrogen and oxygen atoms in total. The van der Waals surface area contributed by atoms with Gasteiger partial charge in [0, 0.05) is 84.1 Å². The highest BCUT2D eigenvalue weighted by molar-refractivity contribution is 9.10. The molecule has 2 aromatic carbocycles. The smallest absolute Gasteiger partial charge is 0.265 e. The number of fused-ring (bicyclic) bond motifs is 2. The number of benzene rings is 2. The summed E-state index contributed by atoms with van der Waals surface area (Å²) in [6, 6.07) is 21.0. The van der Waals surface area contributed by atoms with Crippen molar-refractivity contribution in [3.05, 3.63) is 147 Å². The van der Waals surface area contributed by atoms with E-state index in [1.54, 1.807) is 85.7 Å². The minimum Gasteiger partial charge on any atom is -0.357 e. The number of aryl methyl sites for hydroxylation is 2. The topological polar surface area (TPSA) is 197 Å². The van der Waals surface area contributed by atoms with Crippen molar-refractivity contribution in [2.24, 2.45) is 0 Å². The number of nitrogens with zero attached hydrogens (tertiary/aromatic N) is 7. The number of hydrogen-bond acceptors (Lipinski definition) is 13. The summed E-state index contributed by atoms with van der Waals surface area (Å²) in [5, 5.41) is 11.6. The van der Waals surface area contributed by atoms with Crippen LogP contribution in [0.15, 0.2) is 115 Å². The first-order chi connectivity index (χ1) is 30.1. The molecule has 0 spiro atoms. The van der Waals surface area contributed by atoms with Gasteiger partial charge in [-0.05, 0) is 114 Å². The van der Waals surface area contributed by atoms with E-state index in [4.69, 9.17) is 0 Å². The van der Waals surface area contributed by atoms with E-state index >= 15 is 0 Å². The lowest BCUT2D eigenvalue weighted by Crippen LogP contribution is -2.20. The summed E-state index contributed by atoms with van der Waals surface area (Å²) in [6.07, 6.45) is 11.9. The lowest BCUT2D eigenvalue weighted by molar-refractivity contribution is 0.101. The van der Waals surface area contributed by atoms with Crippen LogP contribution in [0, 0.1) is 13.8 Å². The second kappa shape index (κ2) is 18.7. The SMILES string of the molecule is Cc1ccc(NC(=O)c2ccnc(Br)c2)cc1NC(=O)c1cc2nccnc2s1.Cc1ccc(NC(=O)c2ccnc(N3CCCC3)c2)cc1NC(=O)c1cc2nccnc2s1. The average Bonchev–Trinajstić information content (AvgIpc) is 4.07. The zero-order valence-corrected chi connectivity index (χ0v) is 36.4. The number of thiophene rings is 2. The molecule has 4 amide bonds. The molecule has 18 heteroatoms. The van der Waals surface area contributed by atoms with Crippen LogP contribution < -0.4 is 26.2 Å². The molecule has 8 aromatic rings. The van der Waals surface area contributed by atoms with Gasteiger partial charge < -0.3 is 26.2 Å². The fraction of sp³-hybridized carbons (Fsp3) is 0.136. The quantitative estimate of drug-likeness (QED) is 0.101. The van der Waals surface area contributed by atoms with Gasteiger partial charge in [0.15, 0.2) is 0 Å². The molecule has 62 heavy (non-hydrogen) atoms. The molecule has 1 aliphatic rings. The molecule has 7 heterocycles. The molecule has 0 unspecified atom stereocenters. The molecular weight excluding hydrogens is 891 g/mol. The predicted octanol–water partition coefficient (Wildman–Crippen LogP) is 9.16. The Hall–Kier alpha value is -7.02. The van der Waals surface area contributed by atoms with Gasteiger partial charge in [-0.1, -0.05) is 12.1 Å². The highest BCUT2D eigenvalue weighted by atomic mass is 79.9. The van der Waals surface area contributed by atoms with Crippen molar-refractivity contribution in [1.29, 1.82) is 0 Å². The van der Waals surface area contributed by atoms with Gasteiger partial charge in [-0.15, -0.1) is 22.7 Å². The third kappa shape index (κ3) is 9.94. The van der Waals surface area contributed by atoms with Crippen molar-refractivity contribution >= 4 is 111 Å². The summed E-state index contributed by atoms with van der Waals surface area (Å²) in [7, 11) is 0. The Morgan fingerprint density at radius 2 is 1.02 bits per heavy atom. The van der Waals surface area contributed by atoms with Gasteiger partial charge in [-0.25, -0.2) is 19.9 Å². The predicted molar refractivity (Wildman–Crippen MR) is 247 cm³/mol.